The molecule has 0 aromatic carbocycles. The van der Waals surface area contributed by atoms with Crippen molar-refractivity contribution in [2.24, 2.45) is 5.92 Å². The summed E-state index contributed by atoms with van der Waals surface area (Å²) < 4.78 is 33.9. The summed E-state index contributed by atoms with van der Waals surface area (Å²) in [7, 11) is 2.15. The van der Waals surface area contributed by atoms with Crippen molar-refractivity contribution in [2.45, 2.75) is 39.2 Å². The number of aromatic nitrogens is 2. The smallest absolute Gasteiger partial charge is 0.475 e. The summed E-state index contributed by atoms with van der Waals surface area (Å²) in [4.78, 5) is 31.2. The van der Waals surface area contributed by atoms with Crippen LogP contribution in [0, 0.1) is 5.92 Å². The number of aliphatic carboxylic acids is 1. The van der Waals surface area contributed by atoms with Crippen LogP contribution in [0.25, 0.3) is 0 Å². The van der Waals surface area contributed by atoms with E-state index in [1.807, 2.05) is 34.8 Å². The zero-order valence-corrected chi connectivity index (χ0v) is 17.8. The first kappa shape index (κ1) is 23.9. The molecule has 3 rings (SSSR count). The van der Waals surface area contributed by atoms with E-state index in [9.17, 15) is 18.0 Å². The lowest BCUT2D eigenvalue weighted by Crippen LogP contribution is -2.39. The first-order valence-corrected chi connectivity index (χ1v) is 10.2. The molecule has 3 heterocycles. The van der Waals surface area contributed by atoms with Gasteiger partial charge in [0.05, 0.1) is 11.4 Å². The fourth-order valence-corrected chi connectivity index (χ4v) is 3.68. The van der Waals surface area contributed by atoms with E-state index in [1.54, 1.807) is 0 Å². The van der Waals surface area contributed by atoms with Gasteiger partial charge in [-0.2, -0.15) is 13.2 Å². The quantitative estimate of drug-likeness (QED) is 0.781. The van der Waals surface area contributed by atoms with Crippen molar-refractivity contribution in [2.75, 3.05) is 20.1 Å². The van der Waals surface area contributed by atoms with E-state index in [-0.39, 0.29) is 5.91 Å². The number of carbonyl (C=O) groups excluding carboxylic acids is 1. The van der Waals surface area contributed by atoms with Crippen LogP contribution >= 0.6 is 11.3 Å². The molecule has 166 valence electrons. The Balaban J connectivity index is 0.000000396. The third-order valence-corrected chi connectivity index (χ3v) is 5.61. The number of carboxylic acid groups (broad SMARTS) is 1. The second kappa shape index (κ2) is 10.1. The highest BCUT2D eigenvalue weighted by Gasteiger charge is 2.38. The van der Waals surface area contributed by atoms with Gasteiger partial charge < -0.3 is 19.5 Å². The molecule has 0 saturated heterocycles. The van der Waals surface area contributed by atoms with Gasteiger partial charge in [0.25, 0.3) is 5.91 Å². The van der Waals surface area contributed by atoms with Gasteiger partial charge in [0, 0.05) is 44.0 Å². The minimum atomic E-state index is -5.08. The number of thiophene rings is 1. The summed E-state index contributed by atoms with van der Waals surface area (Å²) in [6, 6.07) is 4.34. The van der Waals surface area contributed by atoms with Crippen molar-refractivity contribution in [3.05, 3.63) is 40.6 Å². The van der Waals surface area contributed by atoms with Crippen LogP contribution in [0.1, 0.15) is 29.3 Å². The molecule has 1 unspecified atom stereocenters. The number of carbonyl (C=O) groups is 2. The first-order chi connectivity index (χ1) is 14.0. The monoisotopic (exact) mass is 446 g/mol. The maximum absolute atomic E-state index is 12.8. The molecule has 2 aromatic rings. The maximum atomic E-state index is 12.8. The third kappa shape index (κ3) is 6.56. The van der Waals surface area contributed by atoms with Crippen LogP contribution in [-0.2, 0) is 17.9 Å². The molecule has 0 spiro atoms. The van der Waals surface area contributed by atoms with E-state index in [1.165, 1.54) is 11.3 Å². The molecule has 2 aromatic heterocycles. The number of rotatable bonds is 4. The highest BCUT2D eigenvalue weighted by molar-refractivity contribution is 7.12. The number of imidazole rings is 1. The van der Waals surface area contributed by atoms with Crippen LogP contribution in [0.5, 0.6) is 0 Å². The molecule has 0 saturated carbocycles. The van der Waals surface area contributed by atoms with Crippen molar-refractivity contribution in [1.82, 2.24) is 19.4 Å². The Hall–Kier alpha value is -2.40. The lowest BCUT2D eigenvalue weighted by molar-refractivity contribution is -0.192. The van der Waals surface area contributed by atoms with Crippen LogP contribution in [0.15, 0.2) is 29.9 Å². The van der Waals surface area contributed by atoms with E-state index in [0.29, 0.717) is 18.5 Å². The molecular formula is C19H25F3N4O3S. The summed E-state index contributed by atoms with van der Waals surface area (Å²) in [6.45, 7) is 7.66. The molecule has 0 aliphatic carbocycles. The minimum absolute atomic E-state index is 0.119. The fraction of sp³-hybridized carbons (Fsp3) is 0.526. The molecule has 30 heavy (non-hydrogen) atoms. The highest BCUT2D eigenvalue weighted by Crippen LogP contribution is 2.21. The Labute approximate surface area is 176 Å². The molecular weight excluding hydrogens is 421 g/mol. The van der Waals surface area contributed by atoms with Crippen molar-refractivity contribution >= 4 is 23.2 Å². The summed E-state index contributed by atoms with van der Waals surface area (Å²) in [5.74, 6) is -1.26. The van der Waals surface area contributed by atoms with Crippen LogP contribution in [0.3, 0.4) is 0 Å². The van der Waals surface area contributed by atoms with Gasteiger partial charge in [0.1, 0.15) is 5.82 Å². The average Bonchev–Trinajstić information content (AvgIpc) is 3.30. The van der Waals surface area contributed by atoms with Gasteiger partial charge in [-0.25, -0.2) is 9.78 Å². The number of hydrogen-bond acceptors (Lipinski definition) is 5. The highest BCUT2D eigenvalue weighted by atomic mass is 32.1. The SMILES string of the molecule is CC(C)N(C)CC1CN(C(=O)c2cccs2)Cc2nccn2C1.O=C(O)C(F)(F)F. The number of halogens is 3. The van der Waals surface area contributed by atoms with Gasteiger partial charge in [-0.15, -0.1) is 11.3 Å². The molecule has 1 aliphatic heterocycles. The Morgan fingerprint density at radius 3 is 2.57 bits per heavy atom. The summed E-state index contributed by atoms with van der Waals surface area (Å²) in [5.41, 5.74) is 0. The predicted octanol–water partition coefficient (Wildman–Crippen LogP) is 3.19. The number of fused-ring (bicyclic) bond motifs is 1. The van der Waals surface area contributed by atoms with Crippen molar-refractivity contribution < 1.29 is 27.9 Å². The van der Waals surface area contributed by atoms with E-state index in [0.717, 1.165) is 30.3 Å². The zero-order valence-electron chi connectivity index (χ0n) is 17.0. The minimum Gasteiger partial charge on any atom is -0.475 e. The van der Waals surface area contributed by atoms with Crippen LogP contribution < -0.4 is 0 Å². The maximum Gasteiger partial charge on any atom is 0.490 e. The predicted molar refractivity (Wildman–Crippen MR) is 106 cm³/mol. The Bertz CT molecular complexity index is 836. The number of amides is 1. The summed E-state index contributed by atoms with van der Waals surface area (Å²) >= 11 is 1.51. The summed E-state index contributed by atoms with van der Waals surface area (Å²) in [6.07, 6.45) is -1.23. The normalized spacial score (nSPS) is 16.7. The van der Waals surface area contributed by atoms with Crippen molar-refractivity contribution in [3.63, 3.8) is 0 Å². The molecule has 0 radical (unpaired) electrons. The molecule has 1 N–H and O–H groups in total. The Kier molecular flexibility index (Phi) is 8.02. The largest absolute Gasteiger partial charge is 0.490 e. The van der Waals surface area contributed by atoms with Gasteiger partial charge in [0.15, 0.2) is 0 Å². The Morgan fingerprint density at radius 1 is 1.37 bits per heavy atom. The second-order valence-corrected chi connectivity index (χ2v) is 8.31. The number of nitrogens with zero attached hydrogens (tertiary/aromatic N) is 4. The van der Waals surface area contributed by atoms with E-state index < -0.39 is 12.1 Å². The lowest BCUT2D eigenvalue weighted by atomic mass is 10.1. The summed E-state index contributed by atoms with van der Waals surface area (Å²) in [5, 5.41) is 9.08. The van der Waals surface area contributed by atoms with Gasteiger partial charge in [-0.1, -0.05) is 6.07 Å². The zero-order chi connectivity index (χ0) is 22.5. The van der Waals surface area contributed by atoms with E-state index in [4.69, 9.17) is 9.90 Å². The lowest BCUT2D eigenvalue weighted by Gasteiger charge is -2.29. The van der Waals surface area contributed by atoms with E-state index >= 15 is 0 Å². The third-order valence-electron chi connectivity index (χ3n) is 4.76. The van der Waals surface area contributed by atoms with Crippen molar-refractivity contribution in [3.8, 4) is 0 Å². The van der Waals surface area contributed by atoms with Crippen LogP contribution in [0.4, 0.5) is 13.2 Å². The molecule has 1 aliphatic rings. The van der Waals surface area contributed by atoms with Gasteiger partial charge in [0.2, 0.25) is 0 Å². The van der Waals surface area contributed by atoms with Crippen LogP contribution in [-0.4, -0.2) is 68.7 Å². The van der Waals surface area contributed by atoms with Gasteiger partial charge in [-0.3, -0.25) is 4.79 Å². The first-order valence-electron chi connectivity index (χ1n) is 9.32. The standard InChI is InChI=1S/C17H24N4OS.C2HF3O2/c1-13(2)19(3)9-14-10-20-7-6-18-16(20)12-21(11-14)17(22)15-5-4-8-23-15;3-2(4,5)1(6)7/h4-8,13-14H,9-12H2,1-3H3;(H,6,7). The Morgan fingerprint density at radius 2 is 2.03 bits per heavy atom. The molecule has 0 bridgehead atoms. The average molecular weight is 446 g/mol. The second-order valence-electron chi connectivity index (χ2n) is 7.36. The molecule has 11 heteroatoms. The molecule has 1 atom stereocenters. The van der Waals surface area contributed by atoms with E-state index in [2.05, 4.69) is 35.3 Å². The number of carboxylic acids is 1. The van der Waals surface area contributed by atoms with Crippen molar-refractivity contribution in [1.29, 1.82) is 0 Å². The van der Waals surface area contributed by atoms with Gasteiger partial charge in [-0.05, 0) is 32.3 Å². The van der Waals surface area contributed by atoms with Gasteiger partial charge >= 0.3 is 12.1 Å². The number of alkyl halides is 3. The molecule has 0 fully saturated rings. The van der Waals surface area contributed by atoms with Crippen LogP contribution in [0.2, 0.25) is 0 Å². The molecule has 7 nitrogen and oxygen atoms in total. The fourth-order valence-electron chi connectivity index (χ4n) is 2.99. The number of hydrogen-bond donors (Lipinski definition) is 1. The molecule has 1 amide bonds. The topological polar surface area (TPSA) is 78.7 Å².